The van der Waals surface area contributed by atoms with Gasteiger partial charge < -0.3 is 14.7 Å². The Kier molecular flexibility index (Phi) is 6.02. The van der Waals surface area contributed by atoms with Crippen LogP contribution in [0.5, 0.6) is 0 Å². The highest BCUT2D eigenvalue weighted by Crippen LogP contribution is 2.24. The van der Waals surface area contributed by atoms with Crippen LogP contribution in [-0.4, -0.2) is 54.6 Å². The van der Waals surface area contributed by atoms with E-state index in [2.05, 4.69) is 52.9 Å². The predicted molar refractivity (Wildman–Crippen MR) is 119 cm³/mol. The lowest BCUT2D eigenvalue weighted by Crippen LogP contribution is -2.46. The number of aryl methyl sites for hydroxylation is 1. The molecular weight excluding hydrogens is 360 g/mol. The molecule has 5 nitrogen and oxygen atoms in total. The molecule has 1 atom stereocenters. The molecule has 29 heavy (non-hydrogen) atoms. The van der Waals surface area contributed by atoms with E-state index in [4.69, 9.17) is 0 Å². The second-order valence-corrected chi connectivity index (χ2v) is 8.27. The maximum absolute atomic E-state index is 13.1. The molecule has 1 aromatic carbocycles. The number of aromatic nitrogens is 1. The number of pyridine rings is 1. The fourth-order valence-electron chi connectivity index (χ4n) is 4.62. The van der Waals surface area contributed by atoms with Crippen LogP contribution in [-0.2, 0) is 0 Å². The number of amides is 1. The minimum Gasteiger partial charge on any atom is -0.368 e. The highest BCUT2D eigenvalue weighted by atomic mass is 16.2. The lowest BCUT2D eigenvalue weighted by molar-refractivity contribution is 0.0602. The molecule has 4 rings (SSSR count). The second-order valence-electron chi connectivity index (χ2n) is 8.27. The van der Waals surface area contributed by atoms with E-state index in [0.717, 1.165) is 57.7 Å². The summed E-state index contributed by atoms with van der Waals surface area (Å²) in [7, 11) is 0. The molecule has 0 aliphatic carbocycles. The van der Waals surface area contributed by atoms with Crippen molar-refractivity contribution in [3.05, 3.63) is 53.9 Å². The average Bonchev–Trinajstić information content (AvgIpc) is 2.79. The number of piperazine rings is 1. The summed E-state index contributed by atoms with van der Waals surface area (Å²) >= 11 is 0. The summed E-state index contributed by atoms with van der Waals surface area (Å²) in [6.45, 7) is 9.05. The van der Waals surface area contributed by atoms with Gasteiger partial charge in [0.2, 0.25) is 0 Å². The van der Waals surface area contributed by atoms with Gasteiger partial charge in [-0.25, -0.2) is 0 Å². The summed E-state index contributed by atoms with van der Waals surface area (Å²) in [5.41, 5.74) is 4.29. The van der Waals surface area contributed by atoms with Gasteiger partial charge in [-0.2, -0.15) is 0 Å². The van der Waals surface area contributed by atoms with E-state index in [1.807, 2.05) is 17.0 Å². The molecule has 2 saturated heterocycles. The number of rotatable bonds is 4. The van der Waals surface area contributed by atoms with E-state index in [9.17, 15) is 4.79 Å². The molecule has 2 aliphatic heterocycles. The van der Waals surface area contributed by atoms with E-state index in [-0.39, 0.29) is 5.91 Å². The average molecular weight is 393 g/mol. The molecule has 154 valence electrons. The minimum absolute atomic E-state index is 0.0943. The van der Waals surface area contributed by atoms with Gasteiger partial charge in [-0.15, -0.1) is 0 Å². The Morgan fingerprint density at radius 3 is 2.41 bits per heavy atom. The lowest BCUT2D eigenvalue weighted by Gasteiger charge is -2.38. The van der Waals surface area contributed by atoms with Crippen molar-refractivity contribution in [3.63, 3.8) is 0 Å². The van der Waals surface area contributed by atoms with Gasteiger partial charge in [-0.3, -0.25) is 9.78 Å². The Labute approximate surface area is 174 Å². The first-order chi connectivity index (χ1) is 14.2. The summed E-state index contributed by atoms with van der Waals surface area (Å²) in [5, 5.41) is 0. The highest BCUT2D eigenvalue weighted by molar-refractivity contribution is 5.93. The molecule has 0 spiro atoms. The van der Waals surface area contributed by atoms with E-state index in [1.165, 1.54) is 17.7 Å². The van der Waals surface area contributed by atoms with E-state index >= 15 is 0 Å². The van der Waals surface area contributed by atoms with Gasteiger partial charge in [0.25, 0.3) is 5.91 Å². The molecule has 3 heterocycles. The third kappa shape index (κ3) is 4.39. The zero-order valence-electron chi connectivity index (χ0n) is 17.7. The number of nitrogens with zero attached hydrogens (tertiary/aromatic N) is 4. The van der Waals surface area contributed by atoms with Gasteiger partial charge in [0.15, 0.2) is 0 Å². The number of likely N-dealkylation sites (tertiary alicyclic amines) is 1. The van der Waals surface area contributed by atoms with Crippen molar-refractivity contribution in [2.24, 2.45) is 0 Å². The molecule has 0 saturated carbocycles. The summed E-state index contributed by atoms with van der Waals surface area (Å²) in [5.74, 6) is 0.0943. The molecule has 1 aromatic heterocycles. The fraction of sp³-hybridized carbons (Fsp3) is 0.500. The van der Waals surface area contributed by atoms with Crippen LogP contribution < -0.4 is 9.80 Å². The predicted octanol–water partition coefficient (Wildman–Crippen LogP) is 4.12. The molecule has 1 amide bonds. The van der Waals surface area contributed by atoms with Crippen LogP contribution in [0.1, 0.15) is 48.7 Å². The first-order valence-corrected chi connectivity index (χ1v) is 11.0. The monoisotopic (exact) mass is 392 g/mol. The Bertz CT molecular complexity index is 844. The Hall–Kier alpha value is -2.56. The minimum atomic E-state index is 0.0943. The van der Waals surface area contributed by atoms with E-state index in [1.54, 1.807) is 6.20 Å². The van der Waals surface area contributed by atoms with Crippen LogP contribution >= 0.6 is 0 Å². The van der Waals surface area contributed by atoms with Crippen molar-refractivity contribution in [3.8, 4) is 0 Å². The highest BCUT2D eigenvalue weighted by Gasteiger charge is 2.27. The molecule has 0 N–H and O–H groups in total. The number of carbonyl (C=O) groups excluding carboxylic acids is 1. The molecule has 1 unspecified atom stereocenters. The number of hydrogen-bond donors (Lipinski definition) is 0. The van der Waals surface area contributed by atoms with E-state index in [0.29, 0.717) is 11.7 Å². The first kappa shape index (κ1) is 19.7. The summed E-state index contributed by atoms with van der Waals surface area (Å²) in [4.78, 5) is 24.4. The summed E-state index contributed by atoms with van der Waals surface area (Å²) in [6.07, 6.45) is 6.25. The van der Waals surface area contributed by atoms with Crippen molar-refractivity contribution < 1.29 is 4.79 Å². The standard InChI is InChI=1S/C24H32N4O/c1-3-20-8-4-5-12-28(20)24(29)23-18-22(10-11-25-23)27-15-13-26(14-16-27)21-9-6-7-19(2)17-21/h6-7,9-11,17-18,20H,3-5,8,12-16H2,1-2H3. The Morgan fingerprint density at radius 2 is 1.72 bits per heavy atom. The van der Waals surface area contributed by atoms with Crippen LogP contribution in [0.25, 0.3) is 0 Å². The number of hydrogen-bond acceptors (Lipinski definition) is 4. The fourth-order valence-corrected chi connectivity index (χ4v) is 4.62. The summed E-state index contributed by atoms with van der Waals surface area (Å²) in [6, 6.07) is 13.1. The molecular formula is C24H32N4O. The topological polar surface area (TPSA) is 39.7 Å². The molecule has 0 bridgehead atoms. The second kappa shape index (κ2) is 8.85. The van der Waals surface area contributed by atoms with Gasteiger partial charge in [-0.1, -0.05) is 19.1 Å². The third-order valence-electron chi connectivity index (χ3n) is 6.33. The van der Waals surface area contributed by atoms with Crippen LogP contribution in [0.3, 0.4) is 0 Å². The largest absolute Gasteiger partial charge is 0.368 e. The van der Waals surface area contributed by atoms with Gasteiger partial charge in [-0.05, 0) is 62.4 Å². The quantitative estimate of drug-likeness (QED) is 0.785. The maximum Gasteiger partial charge on any atom is 0.272 e. The van der Waals surface area contributed by atoms with Gasteiger partial charge in [0.05, 0.1) is 0 Å². The smallest absolute Gasteiger partial charge is 0.272 e. The van der Waals surface area contributed by atoms with Crippen molar-refractivity contribution in [2.75, 3.05) is 42.5 Å². The number of piperidine rings is 1. The van der Waals surface area contributed by atoms with E-state index < -0.39 is 0 Å². The van der Waals surface area contributed by atoms with Crippen LogP contribution in [0.15, 0.2) is 42.6 Å². The number of anilines is 2. The SMILES string of the molecule is CCC1CCCCN1C(=O)c1cc(N2CCN(c3cccc(C)c3)CC2)ccn1. The lowest BCUT2D eigenvalue weighted by atomic mass is 9.99. The van der Waals surface area contributed by atoms with Gasteiger partial charge in [0, 0.05) is 56.3 Å². The number of benzene rings is 1. The first-order valence-electron chi connectivity index (χ1n) is 11.0. The zero-order valence-corrected chi connectivity index (χ0v) is 17.7. The zero-order chi connectivity index (χ0) is 20.2. The Balaban J connectivity index is 1.43. The molecule has 5 heteroatoms. The van der Waals surface area contributed by atoms with Gasteiger partial charge >= 0.3 is 0 Å². The summed E-state index contributed by atoms with van der Waals surface area (Å²) < 4.78 is 0. The van der Waals surface area contributed by atoms with Crippen molar-refractivity contribution >= 4 is 17.3 Å². The number of carbonyl (C=O) groups is 1. The molecule has 0 radical (unpaired) electrons. The van der Waals surface area contributed by atoms with Crippen molar-refractivity contribution in [2.45, 2.75) is 45.6 Å². The van der Waals surface area contributed by atoms with Crippen LogP contribution in [0, 0.1) is 6.92 Å². The molecule has 2 aromatic rings. The van der Waals surface area contributed by atoms with Crippen molar-refractivity contribution in [1.29, 1.82) is 0 Å². The van der Waals surface area contributed by atoms with Crippen LogP contribution in [0.4, 0.5) is 11.4 Å². The normalized spacial score (nSPS) is 20.1. The molecule has 2 fully saturated rings. The maximum atomic E-state index is 13.1. The molecule has 2 aliphatic rings. The third-order valence-corrected chi connectivity index (χ3v) is 6.33. The Morgan fingerprint density at radius 1 is 1.00 bits per heavy atom. The van der Waals surface area contributed by atoms with Gasteiger partial charge in [0.1, 0.15) is 5.69 Å². The van der Waals surface area contributed by atoms with Crippen molar-refractivity contribution in [1.82, 2.24) is 9.88 Å². The van der Waals surface area contributed by atoms with Crippen LogP contribution in [0.2, 0.25) is 0 Å².